The number of hydrogen-bond donors (Lipinski definition) is 2. The first-order valence-electron chi connectivity index (χ1n) is 6.01. The van der Waals surface area contributed by atoms with E-state index in [9.17, 15) is 5.11 Å². The van der Waals surface area contributed by atoms with Crippen LogP contribution < -0.4 is 5.32 Å². The number of benzene rings is 1. The summed E-state index contributed by atoms with van der Waals surface area (Å²) in [5.41, 5.74) is 2.22. The molecule has 0 fully saturated rings. The van der Waals surface area contributed by atoms with Gasteiger partial charge in [-0.1, -0.05) is 12.1 Å². The van der Waals surface area contributed by atoms with Gasteiger partial charge in [0.1, 0.15) is 11.6 Å². The number of phenols is 1. The van der Waals surface area contributed by atoms with Crippen LogP contribution in [0.4, 0.5) is 0 Å². The van der Waals surface area contributed by atoms with Gasteiger partial charge in [-0.3, -0.25) is 0 Å². The molecule has 0 bridgehead atoms. The number of nitrogens with one attached hydrogen (secondary N) is 1. The van der Waals surface area contributed by atoms with Gasteiger partial charge in [0.2, 0.25) is 0 Å². The number of phenolic OH excluding ortho intramolecular Hbond substituents is 1. The molecule has 18 heavy (non-hydrogen) atoms. The zero-order valence-corrected chi connectivity index (χ0v) is 10.4. The third-order valence-electron chi connectivity index (χ3n) is 2.67. The molecule has 0 saturated heterocycles. The minimum atomic E-state index is 0.308. The Hall–Kier alpha value is -1.94. The number of hydrogen-bond acceptors (Lipinski definition) is 4. The molecule has 2 aromatic rings. The molecule has 0 aliphatic rings. The van der Waals surface area contributed by atoms with Crippen molar-refractivity contribution in [1.82, 2.24) is 15.3 Å². The van der Waals surface area contributed by atoms with E-state index in [0.29, 0.717) is 5.75 Å². The molecule has 0 unspecified atom stereocenters. The van der Waals surface area contributed by atoms with E-state index in [2.05, 4.69) is 15.3 Å². The number of rotatable bonds is 5. The molecule has 1 aromatic carbocycles. The van der Waals surface area contributed by atoms with Crippen LogP contribution in [0.1, 0.15) is 17.1 Å². The first-order chi connectivity index (χ1) is 8.74. The number of aromatic hydroxyl groups is 1. The number of nitrogens with zero attached hydrogens (tertiary/aromatic N) is 2. The summed E-state index contributed by atoms with van der Waals surface area (Å²) in [4.78, 5) is 8.38. The fourth-order valence-corrected chi connectivity index (χ4v) is 1.72. The van der Waals surface area contributed by atoms with Gasteiger partial charge in [0.15, 0.2) is 0 Å². The van der Waals surface area contributed by atoms with Gasteiger partial charge >= 0.3 is 0 Å². The Kier molecular flexibility index (Phi) is 4.25. The van der Waals surface area contributed by atoms with Crippen molar-refractivity contribution in [3.05, 3.63) is 53.6 Å². The number of aromatic nitrogens is 2. The number of aryl methyl sites for hydroxylation is 1. The van der Waals surface area contributed by atoms with Crippen molar-refractivity contribution in [2.75, 3.05) is 6.54 Å². The normalized spacial score (nSPS) is 10.5. The molecule has 4 heteroatoms. The van der Waals surface area contributed by atoms with E-state index in [4.69, 9.17) is 0 Å². The van der Waals surface area contributed by atoms with Crippen molar-refractivity contribution in [2.45, 2.75) is 19.9 Å². The summed E-state index contributed by atoms with van der Waals surface area (Å²) in [6.45, 7) is 3.52. The zero-order chi connectivity index (χ0) is 12.8. The Balaban J connectivity index is 1.74. The molecular formula is C14H17N3O. The van der Waals surface area contributed by atoms with Gasteiger partial charge in [0.25, 0.3) is 0 Å². The predicted octanol–water partition coefficient (Wildman–Crippen LogP) is 1.82. The Morgan fingerprint density at radius 1 is 1.17 bits per heavy atom. The lowest BCUT2D eigenvalue weighted by Crippen LogP contribution is -2.17. The minimum absolute atomic E-state index is 0.308. The van der Waals surface area contributed by atoms with E-state index in [1.807, 2.05) is 25.1 Å². The summed E-state index contributed by atoms with van der Waals surface area (Å²) in [7, 11) is 0. The summed E-state index contributed by atoms with van der Waals surface area (Å²) in [6.07, 6.45) is 2.71. The molecule has 0 radical (unpaired) electrons. The molecule has 0 aliphatic heterocycles. The lowest BCUT2D eigenvalue weighted by molar-refractivity contribution is 0.475. The summed E-state index contributed by atoms with van der Waals surface area (Å²) in [5.74, 6) is 1.11. The molecule has 2 N–H and O–H groups in total. The maximum absolute atomic E-state index is 9.17. The third-order valence-corrected chi connectivity index (χ3v) is 2.67. The second-order valence-electron chi connectivity index (χ2n) is 4.19. The quantitative estimate of drug-likeness (QED) is 0.786. The van der Waals surface area contributed by atoms with Crippen LogP contribution >= 0.6 is 0 Å². The van der Waals surface area contributed by atoms with Crippen molar-refractivity contribution < 1.29 is 5.11 Å². The van der Waals surface area contributed by atoms with E-state index < -0.39 is 0 Å². The average Bonchev–Trinajstić information content (AvgIpc) is 2.37. The molecule has 1 heterocycles. The molecule has 94 valence electrons. The largest absolute Gasteiger partial charge is 0.508 e. The van der Waals surface area contributed by atoms with Crippen LogP contribution in [0.15, 0.2) is 36.5 Å². The SMILES string of the molecule is Cc1nccc(CNCCc2ccc(O)cc2)n1. The maximum atomic E-state index is 9.17. The minimum Gasteiger partial charge on any atom is -0.508 e. The van der Waals surface area contributed by atoms with Crippen LogP contribution in [-0.4, -0.2) is 21.6 Å². The molecule has 0 spiro atoms. The van der Waals surface area contributed by atoms with Gasteiger partial charge in [-0.25, -0.2) is 9.97 Å². The highest BCUT2D eigenvalue weighted by atomic mass is 16.3. The Morgan fingerprint density at radius 3 is 2.67 bits per heavy atom. The van der Waals surface area contributed by atoms with Gasteiger partial charge in [-0.15, -0.1) is 0 Å². The zero-order valence-electron chi connectivity index (χ0n) is 10.4. The second kappa shape index (κ2) is 6.12. The first kappa shape index (κ1) is 12.5. The van der Waals surface area contributed by atoms with Crippen molar-refractivity contribution in [3.8, 4) is 5.75 Å². The van der Waals surface area contributed by atoms with Gasteiger partial charge in [0.05, 0.1) is 5.69 Å². The van der Waals surface area contributed by atoms with Crippen LogP contribution in [-0.2, 0) is 13.0 Å². The second-order valence-corrected chi connectivity index (χ2v) is 4.19. The summed E-state index contributed by atoms with van der Waals surface area (Å²) < 4.78 is 0. The van der Waals surface area contributed by atoms with Gasteiger partial charge in [-0.2, -0.15) is 0 Å². The Bertz CT molecular complexity index is 497. The van der Waals surface area contributed by atoms with E-state index >= 15 is 0 Å². The van der Waals surface area contributed by atoms with Crippen molar-refractivity contribution >= 4 is 0 Å². The average molecular weight is 243 g/mol. The maximum Gasteiger partial charge on any atom is 0.125 e. The van der Waals surface area contributed by atoms with Crippen molar-refractivity contribution in [1.29, 1.82) is 0 Å². The first-order valence-corrected chi connectivity index (χ1v) is 6.01. The Labute approximate surface area is 107 Å². The van der Waals surface area contributed by atoms with Gasteiger partial charge in [0, 0.05) is 12.7 Å². The third kappa shape index (κ3) is 3.82. The summed E-state index contributed by atoms with van der Waals surface area (Å²) in [5, 5.41) is 12.5. The van der Waals surface area contributed by atoms with E-state index in [1.165, 1.54) is 5.56 Å². The van der Waals surface area contributed by atoms with Crippen LogP contribution in [0.2, 0.25) is 0 Å². The smallest absolute Gasteiger partial charge is 0.125 e. The Morgan fingerprint density at radius 2 is 1.94 bits per heavy atom. The molecule has 0 aliphatic carbocycles. The van der Waals surface area contributed by atoms with Crippen LogP contribution in [0.5, 0.6) is 5.75 Å². The molecule has 0 atom stereocenters. The van der Waals surface area contributed by atoms with Crippen LogP contribution in [0, 0.1) is 6.92 Å². The molecule has 4 nitrogen and oxygen atoms in total. The van der Waals surface area contributed by atoms with Crippen LogP contribution in [0.25, 0.3) is 0 Å². The molecule has 2 rings (SSSR count). The highest BCUT2D eigenvalue weighted by Gasteiger charge is 1.96. The summed E-state index contributed by atoms with van der Waals surface area (Å²) >= 11 is 0. The monoisotopic (exact) mass is 243 g/mol. The lowest BCUT2D eigenvalue weighted by Gasteiger charge is -2.05. The lowest BCUT2D eigenvalue weighted by atomic mass is 10.1. The fraction of sp³-hybridized carbons (Fsp3) is 0.286. The van der Waals surface area contributed by atoms with E-state index in [0.717, 1.165) is 31.0 Å². The van der Waals surface area contributed by atoms with Gasteiger partial charge < -0.3 is 10.4 Å². The molecular weight excluding hydrogens is 226 g/mol. The van der Waals surface area contributed by atoms with Crippen molar-refractivity contribution in [2.24, 2.45) is 0 Å². The molecule has 1 aromatic heterocycles. The van der Waals surface area contributed by atoms with E-state index in [1.54, 1.807) is 18.3 Å². The van der Waals surface area contributed by atoms with E-state index in [-0.39, 0.29) is 0 Å². The van der Waals surface area contributed by atoms with Crippen LogP contribution in [0.3, 0.4) is 0 Å². The highest BCUT2D eigenvalue weighted by Crippen LogP contribution is 2.09. The topological polar surface area (TPSA) is 58.0 Å². The fourth-order valence-electron chi connectivity index (χ4n) is 1.72. The predicted molar refractivity (Wildman–Crippen MR) is 70.3 cm³/mol. The standard InChI is InChI=1S/C14H17N3O/c1-11-16-9-7-13(17-11)10-15-8-6-12-2-4-14(18)5-3-12/h2-5,7,9,15,18H,6,8,10H2,1H3. The molecule has 0 saturated carbocycles. The summed E-state index contributed by atoms with van der Waals surface area (Å²) in [6, 6.07) is 9.21. The van der Waals surface area contributed by atoms with Crippen molar-refractivity contribution in [3.63, 3.8) is 0 Å². The van der Waals surface area contributed by atoms with Gasteiger partial charge in [-0.05, 0) is 43.7 Å². The highest BCUT2D eigenvalue weighted by molar-refractivity contribution is 5.25. The molecule has 0 amide bonds.